The Labute approximate surface area is 175 Å². The second-order valence-corrected chi connectivity index (χ2v) is 6.51. The fraction of sp³-hybridized carbons (Fsp3) is 0. The van der Waals surface area contributed by atoms with Gasteiger partial charge in [0.25, 0.3) is 5.91 Å². The minimum Gasteiger partial charge on any atom is -0.311 e. The van der Waals surface area contributed by atoms with Crippen LogP contribution in [0.2, 0.25) is 0 Å². The van der Waals surface area contributed by atoms with E-state index in [9.17, 15) is 4.79 Å². The fourth-order valence-electron chi connectivity index (χ4n) is 3.03. The Balaban J connectivity index is 1.52. The third-order valence-electron chi connectivity index (χ3n) is 4.46. The molecule has 4 aromatic rings. The van der Waals surface area contributed by atoms with Crippen molar-refractivity contribution in [2.24, 2.45) is 5.10 Å². The van der Waals surface area contributed by atoms with Crippen molar-refractivity contribution in [2.45, 2.75) is 0 Å². The number of hydrazone groups is 1. The zero-order chi connectivity index (χ0) is 20.6. The Kier molecular flexibility index (Phi) is 5.91. The number of hydrogen-bond donors (Lipinski definition) is 1. The van der Waals surface area contributed by atoms with Crippen molar-refractivity contribution < 1.29 is 4.79 Å². The number of rotatable bonds is 6. The minimum atomic E-state index is -0.345. The summed E-state index contributed by atoms with van der Waals surface area (Å²) in [5, 5.41) is 4.03. The largest absolute Gasteiger partial charge is 0.311 e. The first kappa shape index (κ1) is 19.1. The number of pyridine rings is 1. The number of nitrogens with one attached hydrogen (secondary N) is 1. The summed E-state index contributed by atoms with van der Waals surface area (Å²) in [6.45, 7) is 0. The molecule has 0 bridgehead atoms. The maximum atomic E-state index is 12.0. The van der Waals surface area contributed by atoms with Gasteiger partial charge in [0.2, 0.25) is 0 Å². The van der Waals surface area contributed by atoms with Gasteiger partial charge in [-0.2, -0.15) is 5.10 Å². The number of amides is 1. The summed E-state index contributed by atoms with van der Waals surface area (Å²) in [5.41, 5.74) is 6.88. The summed E-state index contributed by atoms with van der Waals surface area (Å²) in [4.78, 5) is 18.2. The molecule has 0 aliphatic carbocycles. The van der Waals surface area contributed by atoms with Crippen LogP contribution in [0.4, 0.5) is 17.1 Å². The molecule has 1 aromatic heterocycles. The van der Waals surface area contributed by atoms with E-state index in [1.54, 1.807) is 30.6 Å². The van der Waals surface area contributed by atoms with E-state index < -0.39 is 0 Å². The molecule has 146 valence electrons. The van der Waals surface area contributed by atoms with E-state index in [2.05, 4.69) is 44.7 Å². The molecule has 3 aromatic carbocycles. The molecule has 0 aliphatic heterocycles. The number of carbonyl (C=O) groups is 1. The average Bonchev–Trinajstić information content (AvgIpc) is 2.82. The van der Waals surface area contributed by atoms with Gasteiger partial charge in [0.15, 0.2) is 0 Å². The van der Waals surface area contributed by atoms with Crippen molar-refractivity contribution in [3.63, 3.8) is 0 Å². The van der Waals surface area contributed by atoms with Crippen molar-refractivity contribution in [1.29, 1.82) is 0 Å². The van der Waals surface area contributed by atoms with Gasteiger partial charge in [-0.1, -0.05) is 54.6 Å². The Bertz CT molecular complexity index is 1070. The third-order valence-corrected chi connectivity index (χ3v) is 4.46. The third kappa shape index (κ3) is 4.59. The van der Waals surface area contributed by atoms with Crippen LogP contribution in [0, 0.1) is 0 Å². The summed E-state index contributed by atoms with van der Waals surface area (Å²) in [7, 11) is 0. The molecule has 1 amide bonds. The molecule has 0 atom stereocenters. The van der Waals surface area contributed by atoms with Gasteiger partial charge >= 0.3 is 0 Å². The first-order valence-electron chi connectivity index (χ1n) is 9.56. The summed E-state index contributed by atoms with van der Waals surface area (Å²) >= 11 is 0. The molecule has 5 nitrogen and oxygen atoms in total. The molecule has 1 heterocycles. The molecule has 0 saturated carbocycles. The predicted octanol–water partition coefficient (Wildman–Crippen LogP) is 5.32. The van der Waals surface area contributed by atoms with E-state index >= 15 is 0 Å². The lowest BCUT2D eigenvalue weighted by Gasteiger charge is -2.25. The lowest BCUT2D eigenvalue weighted by molar-refractivity contribution is 0.0950. The van der Waals surface area contributed by atoms with Crippen LogP contribution in [0.5, 0.6) is 0 Å². The second-order valence-electron chi connectivity index (χ2n) is 6.51. The number of anilines is 3. The van der Waals surface area contributed by atoms with Crippen LogP contribution in [0.3, 0.4) is 0 Å². The van der Waals surface area contributed by atoms with Crippen LogP contribution in [-0.4, -0.2) is 17.1 Å². The van der Waals surface area contributed by atoms with Gasteiger partial charge in [-0.15, -0.1) is 0 Å². The molecule has 4 rings (SSSR count). The van der Waals surface area contributed by atoms with E-state index in [1.807, 2.05) is 60.7 Å². The smallest absolute Gasteiger partial charge is 0.289 e. The first-order valence-corrected chi connectivity index (χ1v) is 9.56. The number of hydrogen-bond acceptors (Lipinski definition) is 4. The second kappa shape index (κ2) is 9.30. The van der Waals surface area contributed by atoms with Gasteiger partial charge in [0.05, 0.1) is 6.21 Å². The van der Waals surface area contributed by atoms with Gasteiger partial charge in [-0.3, -0.25) is 9.78 Å². The number of benzene rings is 3. The number of para-hydroxylation sites is 2. The minimum absolute atomic E-state index is 0.325. The lowest BCUT2D eigenvalue weighted by atomic mass is 10.1. The standard InChI is InChI=1S/C25H20N4O/c30-25(24-13-7-8-18-26-24)28-27-19-20-14-16-23(17-15-20)29(21-9-3-1-4-10-21)22-11-5-2-6-12-22/h1-19H,(H,28,30)/b27-19-. The highest BCUT2D eigenvalue weighted by Crippen LogP contribution is 2.33. The molecule has 0 unspecified atom stereocenters. The Morgan fingerprint density at radius 3 is 1.87 bits per heavy atom. The highest BCUT2D eigenvalue weighted by molar-refractivity contribution is 5.93. The molecule has 0 spiro atoms. The molecular weight excluding hydrogens is 372 g/mol. The topological polar surface area (TPSA) is 57.6 Å². The monoisotopic (exact) mass is 392 g/mol. The van der Waals surface area contributed by atoms with E-state index in [-0.39, 0.29) is 5.91 Å². The van der Waals surface area contributed by atoms with Crippen LogP contribution in [0.25, 0.3) is 0 Å². The van der Waals surface area contributed by atoms with Gasteiger partial charge in [0.1, 0.15) is 5.69 Å². The molecule has 0 saturated heterocycles. The predicted molar refractivity (Wildman–Crippen MR) is 120 cm³/mol. The highest BCUT2D eigenvalue weighted by atomic mass is 16.2. The Hall–Kier alpha value is -4.25. The van der Waals surface area contributed by atoms with E-state index in [0.29, 0.717) is 5.69 Å². The zero-order valence-corrected chi connectivity index (χ0v) is 16.2. The summed E-state index contributed by atoms with van der Waals surface area (Å²) in [6, 6.07) is 33.6. The van der Waals surface area contributed by atoms with Crippen LogP contribution >= 0.6 is 0 Å². The normalized spacial score (nSPS) is 10.7. The molecule has 0 radical (unpaired) electrons. The maximum Gasteiger partial charge on any atom is 0.289 e. The molecule has 5 heteroatoms. The molecular formula is C25H20N4O. The highest BCUT2D eigenvalue weighted by Gasteiger charge is 2.11. The van der Waals surface area contributed by atoms with Crippen molar-refractivity contribution in [3.05, 3.63) is 121 Å². The summed E-state index contributed by atoms with van der Waals surface area (Å²) in [6.07, 6.45) is 3.18. The van der Waals surface area contributed by atoms with Crippen molar-refractivity contribution >= 4 is 29.2 Å². The molecule has 1 N–H and O–H groups in total. The maximum absolute atomic E-state index is 12.0. The zero-order valence-electron chi connectivity index (χ0n) is 16.2. The van der Waals surface area contributed by atoms with Crippen LogP contribution in [0.1, 0.15) is 16.1 Å². The van der Waals surface area contributed by atoms with Crippen LogP contribution in [-0.2, 0) is 0 Å². The quantitative estimate of drug-likeness (QED) is 0.357. The Morgan fingerprint density at radius 1 is 0.733 bits per heavy atom. The number of carbonyl (C=O) groups excluding carboxylic acids is 1. The molecule has 30 heavy (non-hydrogen) atoms. The molecule has 0 fully saturated rings. The van der Waals surface area contributed by atoms with Gasteiger partial charge in [0, 0.05) is 23.3 Å². The van der Waals surface area contributed by atoms with E-state index in [0.717, 1.165) is 22.6 Å². The number of aromatic nitrogens is 1. The van der Waals surface area contributed by atoms with Gasteiger partial charge in [-0.25, -0.2) is 5.43 Å². The van der Waals surface area contributed by atoms with Crippen LogP contribution in [0.15, 0.2) is 114 Å². The summed E-state index contributed by atoms with van der Waals surface area (Å²) < 4.78 is 0. The fourth-order valence-corrected chi connectivity index (χ4v) is 3.03. The SMILES string of the molecule is O=C(N/N=C\c1ccc(N(c2ccccc2)c2ccccc2)cc1)c1ccccn1. The van der Waals surface area contributed by atoms with Gasteiger partial charge < -0.3 is 4.90 Å². The van der Waals surface area contributed by atoms with Crippen molar-refractivity contribution in [1.82, 2.24) is 10.4 Å². The van der Waals surface area contributed by atoms with Gasteiger partial charge in [-0.05, 0) is 54.1 Å². The first-order chi connectivity index (χ1) is 14.8. The van der Waals surface area contributed by atoms with Crippen molar-refractivity contribution in [3.8, 4) is 0 Å². The van der Waals surface area contributed by atoms with E-state index in [4.69, 9.17) is 0 Å². The Morgan fingerprint density at radius 2 is 1.30 bits per heavy atom. The van der Waals surface area contributed by atoms with Crippen molar-refractivity contribution in [2.75, 3.05) is 4.90 Å². The molecule has 0 aliphatic rings. The van der Waals surface area contributed by atoms with E-state index in [1.165, 1.54) is 0 Å². The number of nitrogens with zero attached hydrogens (tertiary/aromatic N) is 3. The summed E-state index contributed by atoms with van der Waals surface area (Å²) in [5.74, 6) is -0.345. The lowest BCUT2D eigenvalue weighted by Crippen LogP contribution is -2.18. The van der Waals surface area contributed by atoms with Crippen LogP contribution < -0.4 is 10.3 Å². The average molecular weight is 392 g/mol.